The molecule has 0 aromatic heterocycles. The Kier molecular flexibility index (Phi) is 18.6. The number of unbranched alkanes of at least 4 members (excludes halogenated alkanes) is 3. The fraction of sp³-hybridized carbons (Fsp3) is 0.524. The Morgan fingerprint density at radius 3 is 1.19 bits per heavy atom. The van der Waals surface area contributed by atoms with E-state index in [0.717, 1.165) is 24.0 Å². The quantitative estimate of drug-likeness (QED) is 0.0562. The zero-order valence-electron chi connectivity index (χ0n) is 33.3. The summed E-state index contributed by atoms with van der Waals surface area (Å²) in [7, 11) is 0. The molecule has 0 aliphatic heterocycles. The lowest BCUT2D eigenvalue weighted by Crippen LogP contribution is -2.36. The van der Waals surface area contributed by atoms with Crippen molar-refractivity contribution in [1.82, 2.24) is 10.6 Å². The van der Waals surface area contributed by atoms with E-state index >= 15 is 0 Å². The normalized spacial score (nSPS) is 12.4. The zero-order valence-corrected chi connectivity index (χ0v) is 33.3. The van der Waals surface area contributed by atoms with Crippen molar-refractivity contribution in [3.63, 3.8) is 0 Å². The van der Waals surface area contributed by atoms with Gasteiger partial charge in [0.25, 0.3) is 0 Å². The molecule has 2 aromatic rings. The lowest BCUT2D eigenvalue weighted by Gasteiger charge is -2.21. The SMILES string of the molecule is C=C(C)C(=O)OCC(COc1ccc(C(C)(C)C)cc1)OC(=O)NCCCCCCNC(=O)OC(COC(=O)C(=C)C)COc1ccc(C(C)(C)C)cc1. The third kappa shape index (κ3) is 18.2. The van der Waals surface area contributed by atoms with Gasteiger partial charge in [-0.3, -0.25) is 0 Å². The average Bonchev–Trinajstić information content (AvgIpc) is 3.10. The summed E-state index contributed by atoms with van der Waals surface area (Å²) < 4.78 is 33.1. The number of benzene rings is 2. The van der Waals surface area contributed by atoms with Crippen LogP contribution >= 0.6 is 0 Å². The molecule has 0 radical (unpaired) electrons. The molecule has 2 unspecified atom stereocenters. The number of carbonyl (C=O) groups is 4. The van der Waals surface area contributed by atoms with Gasteiger partial charge < -0.3 is 39.1 Å². The molecule has 0 saturated carbocycles. The molecule has 0 aliphatic rings. The Bertz CT molecular complexity index is 1410. The maximum atomic E-state index is 12.5. The summed E-state index contributed by atoms with van der Waals surface area (Å²) in [6.45, 7) is 23.3. The molecule has 54 heavy (non-hydrogen) atoms. The second-order valence-electron chi connectivity index (χ2n) is 15.3. The first-order chi connectivity index (χ1) is 25.3. The maximum absolute atomic E-state index is 12.5. The molecule has 2 rings (SSSR count). The number of alkyl carbamates (subject to hydrolysis) is 2. The predicted octanol–water partition coefficient (Wildman–Crippen LogP) is 7.73. The van der Waals surface area contributed by atoms with Crippen LogP contribution in [0.4, 0.5) is 9.59 Å². The second kappa shape index (κ2) is 22.3. The minimum Gasteiger partial charge on any atom is -0.490 e. The molecule has 0 bridgehead atoms. The smallest absolute Gasteiger partial charge is 0.407 e. The summed E-state index contributed by atoms with van der Waals surface area (Å²) in [4.78, 5) is 49.0. The van der Waals surface area contributed by atoms with Crippen LogP contribution in [0.3, 0.4) is 0 Å². The lowest BCUT2D eigenvalue weighted by molar-refractivity contribution is -0.143. The van der Waals surface area contributed by atoms with Crippen LogP contribution in [0, 0.1) is 0 Å². The minimum absolute atomic E-state index is 0.00416. The summed E-state index contributed by atoms with van der Waals surface area (Å²) in [6, 6.07) is 15.3. The van der Waals surface area contributed by atoms with Gasteiger partial charge >= 0.3 is 24.1 Å². The van der Waals surface area contributed by atoms with Crippen molar-refractivity contribution in [2.24, 2.45) is 0 Å². The van der Waals surface area contributed by atoms with E-state index < -0.39 is 36.3 Å². The number of carbonyl (C=O) groups excluding carboxylic acids is 4. The molecule has 0 spiro atoms. The first-order valence-electron chi connectivity index (χ1n) is 18.4. The van der Waals surface area contributed by atoms with Crippen LogP contribution in [0.2, 0.25) is 0 Å². The van der Waals surface area contributed by atoms with Gasteiger partial charge in [-0.2, -0.15) is 0 Å². The highest BCUT2D eigenvalue weighted by Gasteiger charge is 2.21. The Morgan fingerprint density at radius 2 is 0.889 bits per heavy atom. The Morgan fingerprint density at radius 1 is 0.556 bits per heavy atom. The molecule has 2 N–H and O–H groups in total. The van der Waals surface area contributed by atoms with E-state index in [9.17, 15) is 19.2 Å². The summed E-state index contributed by atoms with van der Waals surface area (Å²) in [5.41, 5.74) is 2.77. The number of ether oxygens (including phenoxy) is 6. The Balaban J connectivity index is 1.73. The van der Waals surface area contributed by atoms with Crippen molar-refractivity contribution in [1.29, 1.82) is 0 Å². The third-order valence-electron chi connectivity index (χ3n) is 8.00. The molecular weight excluding hydrogens is 692 g/mol. The number of nitrogens with one attached hydrogen (secondary N) is 2. The number of hydrogen-bond donors (Lipinski definition) is 2. The van der Waals surface area contributed by atoms with Gasteiger partial charge in [0.1, 0.15) is 37.9 Å². The van der Waals surface area contributed by atoms with E-state index in [1.807, 2.05) is 48.5 Å². The van der Waals surface area contributed by atoms with Crippen LogP contribution in [-0.2, 0) is 39.4 Å². The molecule has 2 atom stereocenters. The van der Waals surface area contributed by atoms with E-state index in [-0.39, 0.29) is 48.4 Å². The first kappa shape index (κ1) is 45.2. The van der Waals surface area contributed by atoms with Crippen molar-refractivity contribution in [3.8, 4) is 11.5 Å². The van der Waals surface area contributed by atoms with Crippen LogP contribution in [0.5, 0.6) is 11.5 Å². The van der Waals surface area contributed by atoms with E-state index in [1.165, 1.54) is 13.8 Å². The highest BCUT2D eigenvalue weighted by molar-refractivity contribution is 5.87. The highest BCUT2D eigenvalue weighted by atomic mass is 16.6. The summed E-state index contributed by atoms with van der Waals surface area (Å²) in [5.74, 6) is 0.0254. The molecule has 2 amide bonds. The van der Waals surface area contributed by atoms with E-state index in [1.54, 1.807) is 0 Å². The number of amides is 2. The van der Waals surface area contributed by atoms with Crippen molar-refractivity contribution < 1.29 is 47.6 Å². The molecule has 0 saturated heterocycles. The van der Waals surface area contributed by atoms with E-state index in [0.29, 0.717) is 37.4 Å². The lowest BCUT2D eigenvalue weighted by atomic mass is 9.87. The number of hydrogen-bond acceptors (Lipinski definition) is 10. The average molecular weight is 753 g/mol. The highest BCUT2D eigenvalue weighted by Crippen LogP contribution is 2.25. The first-order valence-corrected chi connectivity index (χ1v) is 18.4. The fourth-order valence-corrected chi connectivity index (χ4v) is 4.67. The second-order valence-corrected chi connectivity index (χ2v) is 15.3. The number of esters is 2. The van der Waals surface area contributed by atoms with Crippen LogP contribution in [-0.4, -0.2) is 75.9 Å². The van der Waals surface area contributed by atoms with E-state index in [4.69, 9.17) is 28.4 Å². The van der Waals surface area contributed by atoms with Crippen molar-refractivity contribution >= 4 is 24.1 Å². The van der Waals surface area contributed by atoms with Gasteiger partial charge in [0.2, 0.25) is 0 Å². The molecule has 12 nitrogen and oxygen atoms in total. The zero-order chi connectivity index (χ0) is 40.3. The monoisotopic (exact) mass is 752 g/mol. The molecule has 0 fully saturated rings. The van der Waals surface area contributed by atoms with E-state index in [2.05, 4.69) is 65.3 Å². The minimum atomic E-state index is -0.842. The topological polar surface area (TPSA) is 148 Å². The van der Waals surface area contributed by atoms with Gasteiger partial charge in [0, 0.05) is 24.2 Å². The number of rotatable bonds is 21. The van der Waals surface area contributed by atoms with Gasteiger partial charge in [-0.15, -0.1) is 0 Å². The van der Waals surface area contributed by atoms with Gasteiger partial charge in [0.15, 0.2) is 12.2 Å². The largest absolute Gasteiger partial charge is 0.490 e. The molecule has 12 heteroatoms. The van der Waals surface area contributed by atoms with Crippen LogP contribution in [0.25, 0.3) is 0 Å². The molecule has 0 aliphatic carbocycles. The molecule has 0 heterocycles. The van der Waals surface area contributed by atoms with Crippen molar-refractivity contribution in [2.45, 2.75) is 104 Å². The molecule has 298 valence electrons. The van der Waals surface area contributed by atoms with Crippen molar-refractivity contribution in [3.05, 3.63) is 84.0 Å². The standard InChI is InChI=1S/C42H60N2O10/c1-29(2)37(45)51-27-35(25-49-33-19-15-31(16-20-33)41(5,6)7)53-39(47)43-23-13-11-12-14-24-44-40(48)54-36(28-52-38(46)30(3)4)26-50-34-21-17-32(18-22-34)42(8,9)10/h15-22,35-36H,1,3,11-14,23-28H2,2,4-10H3,(H,43,47)(H,44,48). The Hall–Kier alpha value is -5.00. The van der Waals surface area contributed by atoms with Gasteiger partial charge in [-0.05, 0) is 72.9 Å². The molecular formula is C42H60N2O10. The fourth-order valence-electron chi connectivity index (χ4n) is 4.67. The van der Waals surface area contributed by atoms with Crippen molar-refractivity contribution in [2.75, 3.05) is 39.5 Å². The summed E-state index contributed by atoms with van der Waals surface area (Å²) >= 11 is 0. The maximum Gasteiger partial charge on any atom is 0.407 e. The Labute approximate surface area is 320 Å². The third-order valence-corrected chi connectivity index (χ3v) is 8.00. The summed E-state index contributed by atoms with van der Waals surface area (Å²) in [6.07, 6.45) is -0.0759. The van der Waals surface area contributed by atoms with Crippen LogP contribution in [0.15, 0.2) is 72.8 Å². The van der Waals surface area contributed by atoms with Gasteiger partial charge in [-0.1, -0.05) is 91.8 Å². The molecule has 2 aromatic carbocycles. The summed E-state index contributed by atoms with van der Waals surface area (Å²) in [5, 5.41) is 5.44. The van der Waals surface area contributed by atoms with Crippen LogP contribution < -0.4 is 20.1 Å². The van der Waals surface area contributed by atoms with Crippen LogP contribution in [0.1, 0.15) is 92.2 Å². The predicted molar refractivity (Wildman–Crippen MR) is 208 cm³/mol. The van der Waals surface area contributed by atoms with Gasteiger partial charge in [0.05, 0.1) is 0 Å². The van der Waals surface area contributed by atoms with Gasteiger partial charge in [-0.25, -0.2) is 19.2 Å².